The Morgan fingerprint density at radius 3 is 2.71 bits per heavy atom. The number of benzene rings is 1. The molecule has 0 aliphatic rings. The van der Waals surface area contributed by atoms with Crippen LogP contribution in [0.3, 0.4) is 0 Å². The van der Waals surface area contributed by atoms with Crippen molar-refractivity contribution in [1.82, 2.24) is 15.1 Å². The number of aromatic nitrogens is 3. The van der Waals surface area contributed by atoms with Crippen LogP contribution in [0.5, 0.6) is 5.88 Å². The van der Waals surface area contributed by atoms with E-state index < -0.39 is 0 Å². The van der Waals surface area contributed by atoms with Gasteiger partial charge in [-0.1, -0.05) is 35.5 Å². The zero-order valence-corrected chi connectivity index (χ0v) is 14.1. The largest absolute Gasteiger partial charge is 0.472 e. The first-order chi connectivity index (χ1) is 11.7. The topological polar surface area (TPSA) is 61.0 Å². The van der Waals surface area contributed by atoms with Crippen LogP contribution >= 0.6 is 11.3 Å². The van der Waals surface area contributed by atoms with Gasteiger partial charge in [0, 0.05) is 4.88 Å². The quantitative estimate of drug-likeness (QED) is 0.547. The average molecular weight is 337 g/mol. The minimum Gasteiger partial charge on any atom is -0.472 e. The van der Waals surface area contributed by atoms with Crippen LogP contribution in [0.2, 0.25) is 0 Å². The average Bonchev–Trinajstić information content (AvgIpc) is 3.18. The maximum atomic E-state index is 5.93. The summed E-state index contributed by atoms with van der Waals surface area (Å²) in [4.78, 5) is 10.7. The molecule has 0 aliphatic heterocycles. The number of thiophene rings is 1. The second kappa shape index (κ2) is 6.05. The summed E-state index contributed by atoms with van der Waals surface area (Å²) in [6, 6.07) is 12.3. The van der Waals surface area contributed by atoms with Gasteiger partial charge in [0.25, 0.3) is 0 Å². The SMILES string of the molecule is Cc1noc(C)c1COc1ncnc2sc(-c3ccccc3)cc12. The molecule has 0 aliphatic carbocycles. The monoisotopic (exact) mass is 337 g/mol. The van der Waals surface area contributed by atoms with Crippen molar-refractivity contribution in [2.24, 2.45) is 0 Å². The van der Waals surface area contributed by atoms with Crippen LogP contribution in [0.25, 0.3) is 20.7 Å². The zero-order valence-electron chi connectivity index (χ0n) is 13.3. The van der Waals surface area contributed by atoms with Crippen molar-refractivity contribution in [2.75, 3.05) is 0 Å². The van der Waals surface area contributed by atoms with E-state index in [2.05, 4.69) is 33.3 Å². The van der Waals surface area contributed by atoms with Crippen LogP contribution < -0.4 is 4.74 Å². The number of rotatable bonds is 4. The van der Waals surface area contributed by atoms with Gasteiger partial charge in [0.2, 0.25) is 5.88 Å². The number of aryl methyl sites for hydroxylation is 2. The molecule has 3 aromatic heterocycles. The Morgan fingerprint density at radius 1 is 1.12 bits per heavy atom. The summed E-state index contributed by atoms with van der Waals surface area (Å²) in [6.07, 6.45) is 1.54. The van der Waals surface area contributed by atoms with Crippen LogP contribution in [0.15, 0.2) is 47.2 Å². The van der Waals surface area contributed by atoms with Gasteiger partial charge in [-0.3, -0.25) is 0 Å². The van der Waals surface area contributed by atoms with Crippen molar-refractivity contribution in [3.8, 4) is 16.3 Å². The Morgan fingerprint density at radius 2 is 1.96 bits per heavy atom. The molecule has 0 unspecified atom stereocenters. The van der Waals surface area contributed by atoms with Crippen LogP contribution in [0.1, 0.15) is 17.0 Å². The lowest BCUT2D eigenvalue weighted by atomic mass is 10.2. The van der Waals surface area contributed by atoms with Crippen molar-refractivity contribution in [3.05, 3.63) is 59.7 Å². The van der Waals surface area contributed by atoms with Crippen molar-refractivity contribution in [3.63, 3.8) is 0 Å². The van der Waals surface area contributed by atoms with Gasteiger partial charge >= 0.3 is 0 Å². The molecule has 0 radical (unpaired) electrons. The third-order valence-corrected chi connectivity index (χ3v) is 4.98. The zero-order chi connectivity index (χ0) is 16.5. The fourth-order valence-electron chi connectivity index (χ4n) is 2.54. The van der Waals surface area contributed by atoms with Crippen LogP contribution in [0, 0.1) is 13.8 Å². The summed E-state index contributed by atoms with van der Waals surface area (Å²) in [5, 5.41) is 4.87. The van der Waals surface area contributed by atoms with Gasteiger partial charge in [-0.15, -0.1) is 11.3 Å². The highest BCUT2D eigenvalue weighted by Crippen LogP contribution is 2.35. The summed E-state index contributed by atoms with van der Waals surface area (Å²) >= 11 is 1.63. The maximum Gasteiger partial charge on any atom is 0.225 e. The van der Waals surface area contributed by atoms with E-state index in [-0.39, 0.29) is 0 Å². The molecular formula is C18H15N3O2S. The molecule has 120 valence electrons. The maximum absolute atomic E-state index is 5.93. The van der Waals surface area contributed by atoms with Crippen molar-refractivity contribution < 1.29 is 9.26 Å². The number of ether oxygens (including phenoxy) is 1. The summed E-state index contributed by atoms with van der Waals surface area (Å²) < 4.78 is 11.1. The first-order valence-electron chi connectivity index (χ1n) is 7.57. The molecule has 4 aromatic rings. The Labute approximate surface area is 142 Å². The molecule has 0 saturated heterocycles. The van der Waals surface area contributed by atoms with Gasteiger partial charge in [-0.2, -0.15) is 0 Å². The second-order valence-corrected chi connectivity index (χ2v) is 6.50. The molecule has 5 nitrogen and oxygen atoms in total. The highest BCUT2D eigenvalue weighted by molar-refractivity contribution is 7.21. The molecule has 0 saturated carbocycles. The molecule has 4 rings (SSSR count). The van der Waals surface area contributed by atoms with E-state index in [1.54, 1.807) is 11.3 Å². The van der Waals surface area contributed by atoms with E-state index in [1.165, 1.54) is 6.33 Å². The molecule has 1 aromatic carbocycles. The Kier molecular flexibility index (Phi) is 3.74. The first kappa shape index (κ1) is 14.8. The van der Waals surface area contributed by atoms with Crippen molar-refractivity contribution >= 4 is 21.6 Å². The Hall–Kier alpha value is -2.73. The standard InChI is InChI=1S/C18H15N3O2S/c1-11-15(12(2)23-21-11)9-22-17-14-8-16(13-6-4-3-5-7-13)24-18(14)20-10-19-17/h3-8,10H,9H2,1-2H3. The lowest BCUT2D eigenvalue weighted by Gasteiger charge is -2.05. The molecule has 0 spiro atoms. The molecule has 0 amide bonds. The Balaban J connectivity index is 1.67. The first-order valence-corrected chi connectivity index (χ1v) is 8.38. The van der Waals surface area contributed by atoms with Crippen LogP contribution in [0.4, 0.5) is 0 Å². The molecule has 6 heteroatoms. The summed E-state index contributed by atoms with van der Waals surface area (Å²) in [5.74, 6) is 1.35. The number of nitrogens with zero attached hydrogens (tertiary/aromatic N) is 3. The van der Waals surface area contributed by atoms with Crippen LogP contribution in [-0.4, -0.2) is 15.1 Å². The number of hydrogen-bond acceptors (Lipinski definition) is 6. The van der Waals surface area contributed by atoms with E-state index >= 15 is 0 Å². The van der Waals surface area contributed by atoms with E-state index in [0.29, 0.717) is 12.5 Å². The summed E-state index contributed by atoms with van der Waals surface area (Å²) in [6.45, 7) is 4.17. The normalized spacial score (nSPS) is 11.1. The number of hydrogen-bond donors (Lipinski definition) is 0. The third kappa shape index (κ3) is 2.65. The van der Waals surface area contributed by atoms with E-state index in [1.807, 2.05) is 32.0 Å². The van der Waals surface area contributed by atoms with Gasteiger partial charge in [0.15, 0.2) is 0 Å². The van der Waals surface area contributed by atoms with E-state index in [4.69, 9.17) is 9.26 Å². The molecule has 0 bridgehead atoms. The van der Waals surface area contributed by atoms with Crippen molar-refractivity contribution in [1.29, 1.82) is 0 Å². The van der Waals surface area contributed by atoms with Gasteiger partial charge in [-0.05, 0) is 25.5 Å². The minimum atomic E-state index is 0.379. The number of fused-ring (bicyclic) bond motifs is 1. The van der Waals surface area contributed by atoms with Gasteiger partial charge < -0.3 is 9.26 Å². The predicted molar refractivity (Wildman–Crippen MR) is 93.2 cm³/mol. The fraction of sp³-hybridized carbons (Fsp3) is 0.167. The van der Waals surface area contributed by atoms with Crippen molar-refractivity contribution in [2.45, 2.75) is 20.5 Å². The predicted octanol–water partition coefficient (Wildman–Crippen LogP) is 4.54. The fourth-order valence-corrected chi connectivity index (χ4v) is 3.54. The second-order valence-electron chi connectivity index (χ2n) is 5.47. The van der Waals surface area contributed by atoms with E-state index in [0.717, 1.165) is 37.7 Å². The van der Waals surface area contributed by atoms with Crippen LogP contribution in [-0.2, 0) is 6.61 Å². The third-order valence-electron chi connectivity index (χ3n) is 3.89. The molecule has 24 heavy (non-hydrogen) atoms. The van der Waals surface area contributed by atoms with Gasteiger partial charge in [0.05, 0.1) is 16.6 Å². The minimum absolute atomic E-state index is 0.379. The highest BCUT2D eigenvalue weighted by atomic mass is 32.1. The van der Waals surface area contributed by atoms with E-state index in [9.17, 15) is 0 Å². The lowest BCUT2D eigenvalue weighted by Crippen LogP contribution is -1.99. The van der Waals surface area contributed by atoms with Gasteiger partial charge in [-0.25, -0.2) is 9.97 Å². The summed E-state index contributed by atoms with van der Waals surface area (Å²) in [7, 11) is 0. The molecular weight excluding hydrogens is 322 g/mol. The molecule has 0 fully saturated rings. The summed E-state index contributed by atoms with van der Waals surface area (Å²) in [5.41, 5.74) is 2.96. The molecule has 0 N–H and O–H groups in total. The Bertz CT molecular complexity index is 973. The molecule has 3 heterocycles. The highest BCUT2D eigenvalue weighted by Gasteiger charge is 2.14. The lowest BCUT2D eigenvalue weighted by molar-refractivity contribution is 0.293. The van der Waals surface area contributed by atoms with Gasteiger partial charge in [0.1, 0.15) is 23.5 Å². The smallest absolute Gasteiger partial charge is 0.225 e. The molecule has 0 atom stereocenters.